The normalized spacial score (nSPS) is 12.0. The van der Waals surface area contributed by atoms with Gasteiger partial charge in [-0.3, -0.25) is 0 Å². The SMILES string of the molecule is COc1ccc(CNCC(C)Oc2cccc(C)c2)cc1. The fraction of sp³-hybridized carbons (Fsp3) is 0.333. The van der Waals surface area contributed by atoms with Crippen LogP contribution in [0.4, 0.5) is 0 Å². The monoisotopic (exact) mass is 285 g/mol. The van der Waals surface area contributed by atoms with Crippen molar-refractivity contribution in [3.05, 3.63) is 59.7 Å². The minimum absolute atomic E-state index is 0.130. The van der Waals surface area contributed by atoms with Crippen molar-refractivity contribution in [1.29, 1.82) is 0 Å². The van der Waals surface area contributed by atoms with Gasteiger partial charge in [0.05, 0.1) is 7.11 Å². The van der Waals surface area contributed by atoms with E-state index in [1.165, 1.54) is 11.1 Å². The third-order valence-electron chi connectivity index (χ3n) is 3.25. The molecule has 2 aromatic rings. The van der Waals surface area contributed by atoms with Crippen LogP contribution in [-0.2, 0) is 6.54 Å². The molecule has 0 aliphatic heterocycles. The maximum absolute atomic E-state index is 5.89. The quantitative estimate of drug-likeness (QED) is 0.843. The lowest BCUT2D eigenvalue weighted by Crippen LogP contribution is -2.28. The van der Waals surface area contributed by atoms with Crippen molar-refractivity contribution in [1.82, 2.24) is 5.32 Å². The van der Waals surface area contributed by atoms with Gasteiger partial charge in [-0.1, -0.05) is 24.3 Å². The van der Waals surface area contributed by atoms with E-state index in [0.29, 0.717) is 0 Å². The number of benzene rings is 2. The minimum atomic E-state index is 0.130. The van der Waals surface area contributed by atoms with Crippen LogP contribution in [0, 0.1) is 6.92 Å². The molecule has 0 bridgehead atoms. The molecule has 0 saturated heterocycles. The van der Waals surface area contributed by atoms with Crippen molar-refractivity contribution in [2.75, 3.05) is 13.7 Å². The molecule has 1 N–H and O–H groups in total. The van der Waals surface area contributed by atoms with Crippen LogP contribution in [0.25, 0.3) is 0 Å². The van der Waals surface area contributed by atoms with Gasteiger partial charge in [0, 0.05) is 13.1 Å². The predicted octanol–water partition coefficient (Wildman–Crippen LogP) is 3.56. The van der Waals surface area contributed by atoms with Crippen LogP contribution in [0.2, 0.25) is 0 Å². The van der Waals surface area contributed by atoms with Crippen molar-refractivity contribution >= 4 is 0 Å². The van der Waals surface area contributed by atoms with Gasteiger partial charge in [0.1, 0.15) is 17.6 Å². The standard InChI is InChI=1S/C18H23NO2/c1-14-5-4-6-18(11-14)21-15(2)12-19-13-16-7-9-17(20-3)10-8-16/h4-11,15,19H,12-13H2,1-3H3. The lowest BCUT2D eigenvalue weighted by molar-refractivity contribution is 0.216. The van der Waals surface area contributed by atoms with Crippen molar-refractivity contribution < 1.29 is 9.47 Å². The van der Waals surface area contributed by atoms with Crippen LogP contribution in [0.1, 0.15) is 18.1 Å². The van der Waals surface area contributed by atoms with E-state index in [-0.39, 0.29) is 6.10 Å². The van der Waals surface area contributed by atoms with Gasteiger partial charge in [0.25, 0.3) is 0 Å². The van der Waals surface area contributed by atoms with E-state index in [4.69, 9.17) is 9.47 Å². The molecule has 112 valence electrons. The fourth-order valence-electron chi connectivity index (χ4n) is 2.13. The first kappa shape index (κ1) is 15.4. The number of ether oxygens (including phenoxy) is 2. The number of aryl methyl sites for hydroxylation is 1. The molecule has 2 aromatic carbocycles. The summed E-state index contributed by atoms with van der Waals surface area (Å²) in [5, 5.41) is 3.41. The summed E-state index contributed by atoms with van der Waals surface area (Å²) in [4.78, 5) is 0. The molecule has 1 unspecified atom stereocenters. The summed E-state index contributed by atoms with van der Waals surface area (Å²) >= 11 is 0. The molecule has 0 aromatic heterocycles. The number of rotatable bonds is 7. The minimum Gasteiger partial charge on any atom is -0.497 e. The molecule has 0 spiro atoms. The Kier molecular flexibility index (Phi) is 5.64. The average Bonchev–Trinajstić information content (AvgIpc) is 2.48. The molecule has 2 rings (SSSR count). The molecule has 0 saturated carbocycles. The Hall–Kier alpha value is -2.00. The summed E-state index contributed by atoms with van der Waals surface area (Å²) < 4.78 is 11.0. The first-order chi connectivity index (χ1) is 10.2. The summed E-state index contributed by atoms with van der Waals surface area (Å²) in [6.07, 6.45) is 0.130. The summed E-state index contributed by atoms with van der Waals surface area (Å²) in [5.41, 5.74) is 2.45. The molecular weight excluding hydrogens is 262 g/mol. The van der Waals surface area contributed by atoms with Gasteiger partial charge in [-0.25, -0.2) is 0 Å². The Labute approximate surface area is 126 Å². The number of hydrogen-bond donors (Lipinski definition) is 1. The molecule has 1 atom stereocenters. The highest BCUT2D eigenvalue weighted by Crippen LogP contribution is 2.14. The van der Waals surface area contributed by atoms with Crippen LogP contribution in [0.3, 0.4) is 0 Å². The van der Waals surface area contributed by atoms with Crippen molar-refractivity contribution in [3.8, 4) is 11.5 Å². The molecule has 3 nitrogen and oxygen atoms in total. The van der Waals surface area contributed by atoms with Gasteiger partial charge < -0.3 is 14.8 Å². The van der Waals surface area contributed by atoms with Crippen LogP contribution in [-0.4, -0.2) is 19.8 Å². The second-order valence-electron chi connectivity index (χ2n) is 5.22. The van der Waals surface area contributed by atoms with Gasteiger partial charge >= 0.3 is 0 Å². The summed E-state index contributed by atoms with van der Waals surface area (Å²) in [6, 6.07) is 16.2. The summed E-state index contributed by atoms with van der Waals surface area (Å²) in [6.45, 7) is 5.77. The molecule has 0 radical (unpaired) electrons. The van der Waals surface area contributed by atoms with Crippen molar-refractivity contribution in [2.24, 2.45) is 0 Å². The zero-order valence-corrected chi connectivity index (χ0v) is 12.9. The zero-order valence-electron chi connectivity index (χ0n) is 12.9. The fourth-order valence-corrected chi connectivity index (χ4v) is 2.13. The van der Waals surface area contributed by atoms with Gasteiger partial charge in [0.2, 0.25) is 0 Å². The smallest absolute Gasteiger partial charge is 0.120 e. The second-order valence-corrected chi connectivity index (χ2v) is 5.22. The lowest BCUT2D eigenvalue weighted by atomic mass is 10.2. The summed E-state index contributed by atoms with van der Waals surface area (Å²) in [5.74, 6) is 1.81. The van der Waals surface area contributed by atoms with Gasteiger partial charge in [-0.05, 0) is 49.2 Å². The van der Waals surface area contributed by atoms with E-state index in [1.54, 1.807) is 7.11 Å². The molecule has 0 aliphatic rings. The highest BCUT2D eigenvalue weighted by molar-refractivity contribution is 5.28. The van der Waals surface area contributed by atoms with Gasteiger partial charge in [0.15, 0.2) is 0 Å². The van der Waals surface area contributed by atoms with E-state index >= 15 is 0 Å². The van der Waals surface area contributed by atoms with Crippen LogP contribution in [0.15, 0.2) is 48.5 Å². The van der Waals surface area contributed by atoms with Gasteiger partial charge in [-0.15, -0.1) is 0 Å². The Bertz CT molecular complexity index is 551. The van der Waals surface area contributed by atoms with E-state index < -0.39 is 0 Å². The van der Waals surface area contributed by atoms with E-state index in [0.717, 1.165) is 24.6 Å². The molecule has 3 heteroatoms. The van der Waals surface area contributed by atoms with E-state index in [2.05, 4.69) is 43.4 Å². The highest BCUT2D eigenvalue weighted by atomic mass is 16.5. The van der Waals surface area contributed by atoms with Gasteiger partial charge in [-0.2, -0.15) is 0 Å². The van der Waals surface area contributed by atoms with Crippen molar-refractivity contribution in [3.63, 3.8) is 0 Å². The van der Waals surface area contributed by atoms with Crippen LogP contribution >= 0.6 is 0 Å². The maximum Gasteiger partial charge on any atom is 0.120 e. The number of hydrogen-bond acceptors (Lipinski definition) is 3. The molecule has 0 amide bonds. The Morgan fingerprint density at radius 3 is 2.48 bits per heavy atom. The predicted molar refractivity (Wildman–Crippen MR) is 86.0 cm³/mol. The first-order valence-electron chi connectivity index (χ1n) is 7.24. The number of nitrogens with one attached hydrogen (secondary N) is 1. The topological polar surface area (TPSA) is 30.5 Å². The Morgan fingerprint density at radius 1 is 1.05 bits per heavy atom. The Morgan fingerprint density at radius 2 is 1.81 bits per heavy atom. The molecule has 0 aliphatic carbocycles. The third-order valence-corrected chi connectivity index (χ3v) is 3.25. The third kappa shape index (κ3) is 5.12. The average molecular weight is 285 g/mol. The molecule has 0 heterocycles. The van der Waals surface area contributed by atoms with E-state index in [9.17, 15) is 0 Å². The van der Waals surface area contributed by atoms with Crippen molar-refractivity contribution in [2.45, 2.75) is 26.5 Å². The van der Waals surface area contributed by atoms with E-state index in [1.807, 2.05) is 24.3 Å². The second kappa shape index (κ2) is 7.70. The summed E-state index contributed by atoms with van der Waals surface area (Å²) in [7, 11) is 1.68. The number of methoxy groups -OCH3 is 1. The molecular formula is C18H23NO2. The Balaban J connectivity index is 1.74. The largest absolute Gasteiger partial charge is 0.497 e. The van der Waals surface area contributed by atoms with Crippen LogP contribution in [0.5, 0.6) is 11.5 Å². The zero-order chi connectivity index (χ0) is 15.1. The first-order valence-corrected chi connectivity index (χ1v) is 7.24. The molecule has 21 heavy (non-hydrogen) atoms. The highest BCUT2D eigenvalue weighted by Gasteiger charge is 2.04. The molecule has 0 fully saturated rings. The lowest BCUT2D eigenvalue weighted by Gasteiger charge is -2.16. The van der Waals surface area contributed by atoms with Crippen LogP contribution < -0.4 is 14.8 Å². The maximum atomic E-state index is 5.89.